The molecule has 0 saturated heterocycles. The molecular weight excluding hydrogens is 637 g/mol. The van der Waals surface area contributed by atoms with E-state index in [4.69, 9.17) is 0 Å². The summed E-state index contributed by atoms with van der Waals surface area (Å²) in [5, 5.41) is 7.77. The predicted octanol–water partition coefficient (Wildman–Crippen LogP) is 13.6. The minimum atomic E-state index is 1.15. The first-order valence-corrected chi connectivity index (χ1v) is 18.3. The van der Waals surface area contributed by atoms with E-state index in [-0.39, 0.29) is 0 Å². The fourth-order valence-electron chi connectivity index (χ4n) is 8.20. The SMILES string of the molecule is c1ccc(-c2cccc(-c3ccc(-n4c5cc(-n6c7ccccc7c7ccccc76)ccc5c5c6sc7ccccc7c6ccc54)cc3)c2)cc1. The fourth-order valence-corrected chi connectivity index (χ4v) is 9.46. The van der Waals surface area contributed by atoms with E-state index in [1.807, 2.05) is 11.3 Å². The van der Waals surface area contributed by atoms with Crippen LogP contribution >= 0.6 is 11.3 Å². The molecular formula is C48H30N2S. The smallest absolute Gasteiger partial charge is 0.0562 e. The Labute approximate surface area is 298 Å². The Morgan fingerprint density at radius 1 is 0.314 bits per heavy atom. The summed E-state index contributed by atoms with van der Waals surface area (Å²) in [5.41, 5.74) is 12.0. The van der Waals surface area contributed by atoms with Crippen LogP contribution in [0.15, 0.2) is 182 Å². The molecule has 0 aliphatic carbocycles. The quantitative estimate of drug-likeness (QED) is 0.177. The molecule has 8 aromatic carbocycles. The number of rotatable bonds is 4. The van der Waals surface area contributed by atoms with E-state index in [1.54, 1.807) is 0 Å². The van der Waals surface area contributed by atoms with Crippen LogP contribution in [0.25, 0.3) is 97.4 Å². The van der Waals surface area contributed by atoms with Crippen LogP contribution in [0, 0.1) is 0 Å². The van der Waals surface area contributed by atoms with Gasteiger partial charge in [-0.1, -0.05) is 127 Å². The molecule has 2 nitrogen and oxygen atoms in total. The lowest BCUT2D eigenvalue weighted by molar-refractivity contribution is 1.15. The lowest BCUT2D eigenvalue weighted by atomic mass is 9.99. The molecule has 0 fully saturated rings. The summed E-state index contributed by atoms with van der Waals surface area (Å²) < 4.78 is 7.56. The van der Waals surface area contributed by atoms with Gasteiger partial charge in [-0.2, -0.15) is 0 Å². The molecule has 0 saturated carbocycles. The van der Waals surface area contributed by atoms with Gasteiger partial charge in [-0.3, -0.25) is 0 Å². The van der Waals surface area contributed by atoms with Gasteiger partial charge in [0.05, 0.1) is 22.1 Å². The van der Waals surface area contributed by atoms with Crippen molar-refractivity contribution in [3.05, 3.63) is 182 Å². The van der Waals surface area contributed by atoms with Crippen LogP contribution in [0.1, 0.15) is 0 Å². The number of benzene rings is 8. The molecule has 238 valence electrons. The van der Waals surface area contributed by atoms with Crippen LogP contribution in [0.4, 0.5) is 0 Å². The maximum atomic E-state index is 2.47. The van der Waals surface area contributed by atoms with E-state index in [0.29, 0.717) is 0 Å². The Kier molecular flexibility index (Phi) is 6.16. The van der Waals surface area contributed by atoms with Gasteiger partial charge >= 0.3 is 0 Å². The zero-order chi connectivity index (χ0) is 33.5. The Morgan fingerprint density at radius 3 is 1.63 bits per heavy atom. The van der Waals surface area contributed by atoms with Crippen molar-refractivity contribution < 1.29 is 0 Å². The fraction of sp³-hybridized carbons (Fsp3) is 0. The molecule has 0 unspecified atom stereocenters. The summed E-state index contributed by atoms with van der Waals surface area (Å²) in [5.74, 6) is 0. The van der Waals surface area contributed by atoms with Gasteiger partial charge in [0.15, 0.2) is 0 Å². The summed E-state index contributed by atoms with van der Waals surface area (Å²) >= 11 is 1.90. The third-order valence-electron chi connectivity index (χ3n) is 10.5. The minimum absolute atomic E-state index is 1.15. The van der Waals surface area contributed by atoms with Gasteiger partial charge in [0, 0.05) is 53.1 Å². The highest BCUT2D eigenvalue weighted by Crippen LogP contribution is 2.44. The molecule has 11 rings (SSSR count). The number of para-hydroxylation sites is 2. The van der Waals surface area contributed by atoms with Gasteiger partial charge in [0.25, 0.3) is 0 Å². The standard InChI is InChI=1S/C48H30N2S/c1-2-11-31(12-3-1)33-13-10-14-34(29-33)32-21-23-35(24-22-32)49-44-28-27-40-39-17-6-9-20-46(39)51-48(40)47(44)41-26-25-36(30-45(41)49)50-42-18-7-4-15-37(42)38-16-5-8-19-43(38)50/h1-30H. The molecule has 3 heteroatoms. The molecule has 0 bridgehead atoms. The van der Waals surface area contributed by atoms with Crippen molar-refractivity contribution in [2.75, 3.05) is 0 Å². The zero-order valence-electron chi connectivity index (χ0n) is 27.6. The Morgan fingerprint density at radius 2 is 0.882 bits per heavy atom. The highest BCUT2D eigenvalue weighted by atomic mass is 32.1. The van der Waals surface area contributed by atoms with Gasteiger partial charge in [0.1, 0.15) is 0 Å². The van der Waals surface area contributed by atoms with Crippen molar-refractivity contribution in [1.29, 1.82) is 0 Å². The maximum Gasteiger partial charge on any atom is 0.0562 e. The lowest BCUT2D eigenvalue weighted by Gasteiger charge is -2.12. The van der Waals surface area contributed by atoms with Crippen molar-refractivity contribution in [2.45, 2.75) is 0 Å². The van der Waals surface area contributed by atoms with Crippen LogP contribution < -0.4 is 0 Å². The second-order valence-electron chi connectivity index (χ2n) is 13.3. The van der Waals surface area contributed by atoms with Gasteiger partial charge < -0.3 is 9.13 Å². The molecule has 0 amide bonds. The first kappa shape index (κ1) is 28.4. The number of thiophene rings is 1. The lowest BCUT2D eigenvalue weighted by Crippen LogP contribution is -1.97. The first-order valence-electron chi connectivity index (χ1n) is 17.4. The van der Waals surface area contributed by atoms with E-state index < -0.39 is 0 Å². The average Bonchev–Trinajstić information content (AvgIpc) is 3.86. The molecule has 51 heavy (non-hydrogen) atoms. The van der Waals surface area contributed by atoms with Crippen molar-refractivity contribution in [2.24, 2.45) is 0 Å². The van der Waals surface area contributed by atoms with Crippen LogP contribution in [0.2, 0.25) is 0 Å². The van der Waals surface area contributed by atoms with E-state index in [9.17, 15) is 0 Å². The molecule has 0 aliphatic rings. The van der Waals surface area contributed by atoms with Gasteiger partial charge in [-0.15, -0.1) is 11.3 Å². The van der Waals surface area contributed by atoms with Crippen molar-refractivity contribution >= 4 is 75.1 Å². The van der Waals surface area contributed by atoms with Crippen LogP contribution in [0.3, 0.4) is 0 Å². The van der Waals surface area contributed by atoms with Crippen molar-refractivity contribution in [3.8, 4) is 33.6 Å². The summed E-state index contributed by atoms with van der Waals surface area (Å²) in [7, 11) is 0. The molecule has 3 heterocycles. The van der Waals surface area contributed by atoms with E-state index in [1.165, 1.54) is 86.0 Å². The summed E-state index contributed by atoms with van der Waals surface area (Å²) in [6.07, 6.45) is 0. The van der Waals surface area contributed by atoms with E-state index in [0.717, 1.165) is 11.4 Å². The monoisotopic (exact) mass is 666 g/mol. The molecule has 0 spiro atoms. The van der Waals surface area contributed by atoms with E-state index in [2.05, 4.69) is 191 Å². The molecule has 0 N–H and O–H groups in total. The minimum Gasteiger partial charge on any atom is -0.309 e. The predicted molar refractivity (Wildman–Crippen MR) is 219 cm³/mol. The van der Waals surface area contributed by atoms with Crippen LogP contribution in [-0.2, 0) is 0 Å². The number of aromatic nitrogens is 2. The highest BCUT2D eigenvalue weighted by molar-refractivity contribution is 7.26. The van der Waals surface area contributed by atoms with Crippen LogP contribution in [0.5, 0.6) is 0 Å². The van der Waals surface area contributed by atoms with Gasteiger partial charge in [0.2, 0.25) is 0 Å². The third kappa shape index (κ3) is 4.29. The second-order valence-corrected chi connectivity index (χ2v) is 14.4. The van der Waals surface area contributed by atoms with E-state index >= 15 is 0 Å². The number of hydrogen-bond donors (Lipinski definition) is 0. The second kappa shape index (κ2) is 11.0. The normalized spacial score (nSPS) is 11.9. The summed E-state index contributed by atoms with van der Waals surface area (Å²) in [6.45, 7) is 0. The molecule has 0 atom stereocenters. The largest absolute Gasteiger partial charge is 0.309 e. The Balaban J connectivity index is 1.15. The molecule has 0 aliphatic heterocycles. The van der Waals surface area contributed by atoms with Crippen LogP contribution in [-0.4, -0.2) is 9.13 Å². The Hall–Kier alpha value is -6.42. The maximum absolute atomic E-state index is 2.47. The number of nitrogens with zero attached hydrogens (tertiary/aromatic N) is 2. The Bertz CT molecular complexity index is 3070. The third-order valence-corrected chi connectivity index (χ3v) is 11.7. The summed E-state index contributed by atoms with van der Waals surface area (Å²) in [4.78, 5) is 0. The number of fused-ring (bicyclic) bond motifs is 10. The molecule has 3 aromatic heterocycles. The molecule has 11 aromatic rings. The number of hydrogen-bond acceptors (Lipinski definition) is 1. The van der Waals surface area contributed by atoms with Gasteiger partial charge in [-0.05, 0) is 76.9 Å². The highest BCUT2D eigenvalue weighted by Gasteiger charge is 2.20. The average molecular weight is 667 g/mol. The first-order chi connectivity index (χ1) is 25.3. The topological polar surface area (TPSA) is 9.86 Å². The molecule has 0 radical (unpaired) electrons. The van der Waals surface area contributed by atoms with Gasteiger partial charge in [-0.25, -0.2) is 0 Å². The summed E-state index contributed by atoms with van der Waals surface area (Å²) in [6, 6.07) is 66.6. The van der Waals surface area contributed by atoms with Crippen molar-refractivity contribution in [3.63, 3.8) is 0 Å². The van der Waals surface area contributed by atoms with Crippen molar-refractivity contribution in [1.82, 2.24) is 9.13 Å². The zero-order valence-corrected chi connectivity index (χ0v) is 28.4.